The molecule has 1 aliphatic rings. The molecule has 98 valence electrons. The summed E-state index contributed by atoms with van der Waals surface area (Å²) in [5.41, 5.74) is 0.634. The molecule has 1 N–H and O–H groups in total. The molecule has 0 saturated carbocycles. The van der Waals surface area contributed by atoms with Crippen molar-refractivity contribution in [2.45, 2.75) is 12.1 Å². The monoisotopic (exact) mass is 273 g/mol. The Labute approximate surface area is 108 Å². The average Bonchev–Trinajstić information content (AvgIpc) is 2.41. The van der Waals surface area contributed by atoms with Crippen molar-refractivity contribution < 1.29 is 18.3 Å². The van der Waals surface area contributed by atoms with E-state index in [1.165, 1.54) is 13.2 Å². The normalized spacial score (nSPS) is 23.7. The Morgan fingerprint density at radius 1 is 1.39 bits per heavy atom. The maximum atomic E-state index is 13.2. The zero-order valence-electron chi connectivity index (χ0n) is 9.78. The van der Waals surface area contributed by atoms with Crippen LogP contribution in [0.3, 0.4) is 0 Å². The summed E-state index contributed by atoms with van der Waals surface area (Å²) in [6.45, 7) is 0. The topological polar surface area (TPSA) is 38.3 Å². The largest absolute Gasteiger partial charge is 0.468 e. The number of halogens is 2. The maximum Gasteiger partial charge on any atom is 0.323 e. The summed E-state index contributed by atoms with van der Waals surface area (Å²) >= 11 is 1.58. The Morgan fingerprint density at radius 2 is 2.17 bits per heavy atom. The Balaban J connectivity index is 2.13. The van der Waals surface area contributed by atoms with Crippen LogP contribution in [-0.2, 0) is 9.53 Å². The highest BCUT2D eigenvalue weighted by Crippen LogP contribution is 2.25. The van der Waals surface area contributed by atoms with Gasteiger partial charge in [-0.2, -0.15) is 11.8 Å². The van der Waals surface area contributed by atoms with Gasteiger partial charge in [0.05, 0.1) is 7.11 Å². The van der Waals surface area contributed by atoms with Crippen molar-refractivity contribution in [3.8, 4) is 0 Å². The van der Waals surface area contributed by atoms with E-state index >= 15 is 0 Å². The quantitative estimate of drug-likeness (QED) is 0.835. The van der Waals surface area contributed by atoms with Crippen LogP contribution in [0.15, 0.2) is 18.2 Å². The van der Waals surface area contributed by atoms with E-state index in [1.54, 1.807) is 11.8 Å². The first-order chi connectivity index (χ1) is 8.61. The Hall–Kier alpha value is -1.14. The van der Waals surface area contributed by atoms with Crippen molar-refractivity contribution in [3.63, 3.8) is 0 Å². The minimum atomic E-state index is -0.875. The lowest BCUT2D eigenvalue weighted by Gasteiger charge is -2.29. The molecule has 1 aromatic carbocycles. The van der Waals surface area contributed by atoms with Crippen LogP contribution in [0, 0.1) is 11.6 Å². The van der Waals surface area contributed by atoms with Crippen LogP contribution < -0.4 is 5.32 Å². The van der Waals surface area contributed by atoms with Crippen molar-refractivity contribution in [2.24, 2.45) is 0 Å². The molecule has 1 heterocycles. The summed E-state index contributed by atoms with van der Waals surface area (Å²) in [4.78, 5) is 11.4. The average molecular weight is 273 g/mol. The van der Waals surface area contributed by atoms with Gasteiger partial charge in [-0.3, -0.25) is 10.1 Å². The number of carbonyl (C=O) groups excluding carboxylic acids is 1. The van der Waals surface area contributed by atoms with Gasteiger partial charge in [-0.05, 0) is 17.7 Å². The van der Waals surface area contributed by atoms with Crippen LogP contribution in [0.2, 0.25) is 0 Å². The van der Waals surface area contributed by atoms with Crippen molar-refractivity contribution in [1.29, 1.82) is 0 Å². The second kappa shape index (κ2) is 5.67. The van der Waals surface area contributed by atoms with Gasteiger partial charge in [0.2, 0.25) is 0 Å². The van der Waals surface area contributed by atoms with Gasteiger partial charge in [-0.25, -0.2) is 8.78 Å². The van der Waals surface area contributed by atoms with E-state index in [2.05, 4.69) is 10.1 Å². The number of nitrogens with one attached hydrogen (secondary N) is 1. The molecule has 2 rings (SSSR count). The fourth-order valence-electron chi connectivity index (χ4n) is 1.84. The van der Waals surface area contributed by atoms with Crippen LogP contribution in [-0.4, -0.2) is 30.6 Å². The number of ether oxygens (including phenoxy) is 1. The first-order valence-electron chi connectivity index (χ1n) is 5.48. The minimum absolute atomic E-state index is 0.178. The highest BCUT2D eigenvalue weighted by atomic mass is 32.2. The van der Waals surface area contributed by atoms with Crippen LogP contribution in [0.25, 0.3) is 0 Å². The standard InChI is InChI=1S/C12H13F2NO2S/c1-17-12(16)11-6-18-5-10(15-11)7-2-3-8(13)9(14)4-7/h2-4,10-11,15H,5-6H2,1H3. The van der Waals surface area contributed by atoms with Crippen LogP contribution in [0.5, 0.6) is 0 Å². The third-order valence-corrected chi connectivity index (χ3v) is 3.94. The molecule has 6 heteroatoms. The van der Waals surface area contributed by atoms with Gasteiger partial charge < -0.3 is 4.74 Å². The van der Waals surface area contributed by atoms with Gasteiger partial charge >= 0.3 is 5.97 Å². The zero-order valence-corrected chi connectivity index (χ0v) is 10.6. The fourth-order valence-corrected chi connectivity index (χ4v) is 2.97. The molecule has 18 heavy (non-hydrogen) atoms. The summed E-state index contributed by atoms with van der Waals surface area (Å²) in [5, 5.41) is 3.08. The number of rotatable bonds is 2. The molecule has 1 aliphatic heterocycles. The molecule has 0 aliphatic carbocycles. The van der Waals surface area contributed by atoms with Gasteiger partial charge in [-0.1, -0.05) is 6.07 Å². The van der Waals surface area contributed by atoms with E-state index in [4.69, 9.17) is 0 Å². The molecule has 0 bridgehead atoms. The van der Waals surface area contributed by atoms with E-state index in [0.29, 0.717) is 17.1 Å². The van der Waals surface area contributed by atoms with Gasteiger partial charge in [0.1, 0.15) is 6.04 Å². The van der Waals surface area contributed by atoms with E-state index < -0.39 is 17.7 Å². The third kappa shape index (κ3) is 2.81. The molecule has 2 atom stereocenters. The molecule has 0 spiro atoms. The van der Waals surface area contributed by atoms with Crippen molar-refractivity contribution in [2.75, 3.05) is 18.6 Å². The summed E-state index contributed by atoms with van der Waals surface area (Å²) < 4.78 is 30.7. The van der Waals surface area contributed by atoms with Gasteiger partial charge in [-0.15, -0.1) is 0 Å². The first-order valence-corrected chi connectivity index (χ1v) is 6.64. The van der Waals surface area contributed by atoms with Gasteiger partial charge in [0.15, 0.2) is 11.6 Å². The fraction of sp³-hybridized carbons (Fsp3) is 0.417. The molecule has 1 aromatic rings. The highest BCUT2D eigenvalue weighted by molar-refractivity contribution is 7.99. The lowest BCUT2D eigenvalue weighted by atomic mass is 10.1. The lowest BCUT2D eigenvalue weighted by molar-refractivity contribution is -0.142. The molecule has 2 unspecified atom stereocenters. The predicted octanol–water partition coefficient (Wildman–Crippen LogP) is 1.88. The summed E-state index contributed by atoms with van der Waals surface area (Å²) in [6.07, 6.45) is 0. The van der Waals surface area contributed by atoms with Crippen molar-refractivity contribution in [3.05, 3.63) is 35.4 Å². The second-order valence-electron chi connectivity index (χ2n) is 4.01. The summed E-state index contributed by atoms with van der Waals surface area (Å²) in [5.74, 6) is -0.758. The van der Waals surface area contributed by atoms with Crippen LogP contribution in [0.1, 0.15) is 11.6 Å². The van der Waals surface area contributed by atoms with Gasteiger partial charge in [0, 0.05) is 17.5 Å². The van der Waals surface area contributed by atoms with Gasteiger partial charge in [0.25, 0.3) is 0 Å². The van der Waals surface area contributed by atoms with E-state index in [9.17, 15) is 13.6 Å². The smallest absolute Gasteiger partial charge is 0.323 e. The molecule has 0 radical (unpaired) electrons. The molecule has 3 nitrogen and oxygen atoms in total. The second-order valence-corrected chi connectivity index (χ2v) is 5.08. The molecular formula is C12H13F2NO2S. The summed E-state index contributed by atoms with van der Waals surface area (Å²) in [6, 6.07) is 3.19. The van der Waals surface area contributed by atoms with E-state index in [-0.39, 0.29) is 12.0 Å². The first kappa shape index (κ1) is 13.3. The van der Waals surface area contributed by atoms with Crippen LogP contribution >= 0.6 is 11.8 Å². The van der Waals surface area contributed by atoms with Crippen LogP contribution in [0.4, 0.5) is 8.78 Å². The Kier molecular flexibility index (Phi) is 4.19. The molecule has 0 amide bonds. The van der Waals surface area contributed by atoms with E-state index in [0.717, 1.165) is 12.1 Å². The number of esters is 1. The number of hydrogen-bond donors (Lipinski definition) is 1. The summed E-state index contributed by atoms with van der Waals surface area (Å²) in [7, 11) is 1.33. The number of thioether (sulfide) groups is 1. The number of benzene rings is 1. The maximum absolute atomic E-state index is 13.2. The molecule has 0 aromatic heterocycles. The lowest BCUT2D eigenvalue weighted by Crippen LogP contribution is -2.45. The minimum Gasteiger partial charge on any atom is -0.468 e. The third-order valence-electron chi connectivity index (χ3n) is 2.80. The Morgan fingerprint density at radius 3 is 2.83 bits per heavy atom. The Bertz CT molecular complexity index is 456. The highest BCUT2D eigenvalue weighted by Gasteiger charge is 2.28. The molecule has 1 saturated heterocycles. The van der Waals surface area contributed by atoms with Crippen molar-refractivity contribution in [1.82, 2.24) is 5.32 Å². The zero-order chi connectivity index (χ0) is 13.1. The number of hydrogen-bond acceptors (Lipinski definition) is 4. The van der Waals surface area contributed by atoms with E-state index in [1.807, 2.05) is 0 Å². The number of methoxy groups -OCH3 is 1. The predicted molar refractivity (Wildman–Crippen MR) is 65.4 cm³/mol. The molecule has 1 fully saturated rings. The molecular weight excluding hydrogens is 260 g/mol. The number of carbonyl (C=O) groups is 1. The SMILES string of the molecule is COC(=O)C1CSCC(c2ccc(F)c(F)c2)N1. The van der Waals surface area contributed by atoms with Crippen molar-refractivity contribution >= 4 is 17.7 Å².